The average molecular weight is 340 g/mol. The minimum absolute atomic E-state index is 0.465. The first kappa shape index (κ1) is 16.2. The molecule has 25 heavy (non-hydrogen) atoms. The van der Waals surface area contributed by atoms with Crippen molar-refractivity contribution in [3.63, 3.8) is 0 Å². The van der Waals surface area contributed by atoms with E-state index in [1.165, 1.54) is 18.5 Å². The maximum atomic E-state index is 5.06. The van der Waals surface area contributed by atoms with Gasteiger partial charge in [0, 0.05) is 37.9 Å². The van der Waals surface area contributed by atoms with Gasteiger partial charge in [0.15, 0.2) is 5.82 Å². The Balaban J connectivity index is 1.34. The first-order valence-electron chi connectivity index (χ1n) is 8.86. The summed E-state index contributed by atoms with van der Waals surface area (Å²) in [4.78, 5) is 11.4. The van der Waals surface area contributed by atoms with Crippen LogP contribution in [-0.4, -0.2) is 43.6 Å². The first-order valence-corrected chi connectivity index (χ1v) is 8.86. The Kier molecular flexibility index (Phi) is 4.50. The number of aromatic nitrogens is 4. The number of pyridine rings is 1. The molecule has 0 amide bonds. The van der Waals surface area contributed by atoms with Crippen molar-refractivity contribution in [2.45, 2.75) is 45.8 Å². The van der Waals surface area contributed by atoms with Crippen LogP contribution in [0.2, 0.25) is 0 Å². The van der Waals surface area contributed by atoms with Crippen molar-refractivity contribution >= 4 is 5.65 Å². The minimum Gasteiger partial charge on any atom is -0.340 e. The van der Waals surface area contributed by atoms with Gasteiger partial charge in [0.25, 0.3) is 0 Å². The standard InChI is InChI=1S/C18H24N6O/c1-13-5-3-7-18-21-16(11-24(13)18)9-19-15-6-4-8-23(10-15)12-17-20-14(2)25-22-17/h3,5,7,11,15,19H,4,6,8-10,12H2,1-2H3/t15-/m1/s1. The topological polar surface area (TPSA) is 71.5 Å². The summed E-state index contributed by atoms with van der Waals surface area (Å²) in [5, 5.41) is 7.66. The second-order valence-electron chi connectivity index (χ2n) is 6.81. The van der Waals surface area contributed by atoms with Crippen LogP contribution < -0.4 is 5.32 Å². The van der Waals surface area contributed by atoms with Crippen LogP contribution in [0.5, 0.6) is 0 Å². The summed E-state index contributed by atoms with van der Waals surface area (Å²) in [5.41, 5.74) is 3.30. The molecular weight excluding hydrogens is 316 g/mol. The molecule has 0 aliphatic carbocycles. The Bertz CT molecular complexity index is 854. The maximum Gasteiger partial charge on any atom is 0.223 e. The lowest BCUT2D eigenvalue weighted by molar-refractivity contribution is 0.177. The summed E-state index contributed by atoms with van der Waals surface area (Å²) < 4.78 is 7.20. The number of rotatable bonds is 5. The molecule has 4 heterocycles. The lowest BCUT2D eigenvalue weighted by atomic mass is 10.1. The third-order valence-electron chi connectivity index (χ3n) is 4.76. The minimum atomic E-state index is 0.465. The average Bonchev–Trinajstić information content (AvgIpc) is 3.20. The van der Waals surface area contributed by atoms with Gasteiger partial charge < -0.3 is 14.2 Å². The molecule has 7 heteroatoms. The van der Waals surface area contributed by atoms with Crippen molar-refractivity contribution < 1.29 is 4.52 Å². The molecule has 1 fully saturated rings. The second-order valence-corrected chi connectivity index (χ2v) is 6.81. The van der Waals surface area contributed by atoms with Gasteiger partial charge in [-0.25, -0.2) is 4.98 Å². The summed E-state index contributed by atoms with van der Waals surface area (Å²) >= 11 is 0. The van der Waals surface area contributed by atoms with E-state index in [9.17, 15) is 0 Å². The van der Waals surface area contributed by atoms with Gasteiger partial charge >= 0.3 is 0 Å². The highest BCUT2D eigenvalue weighted by molar-refractivity contribution is 5.41. The van der Waals surface area contributed by atoms with E-state index >= 15 is 0 Å². The zero-order valence-electron chi connectivity index (χ0n) is 14.8. The molecule has 132 valence electrons. The Labute approximate surface area is 147 Å². The lowest BCUT2D eigenvalue weighted by Gasteiger charge is -2.32. The van der Waals surface area contributed by atoms with E-state index in [4.69, 9.17) is 9.51 Å². The molecule has 4 rings (SSSR count). The summed E-state index contributed by atoms with van der Waals surface area (Å²) in [6, 6.07) is 6.66. The van der Waals surface area contributed by atoms with E-state index in [0.717, 1.165) is 43.3 Å². The second kappa shape index (κ2) is 6.93. The van der Waals surface area contributed by atoms with E-state index in [-0.39, 0.29) is 0 Å². The van der Waals surface area contributed by atoms with Gasteiger partial charge in [-0.05, 0) is 38.4 Å². The molecule has 3 aromatic rings. The van der Waals surface area contributed by atoms with Gasteiger partial charge in [-0.1, -0.05) is 11.2 Å². The molecule has 1 N–H and O–H groups in total. The first-order chi connectivity index (χ1) is 12.2. The van der Waals surface area contributed by atoms with Gasteiger partial charge in [-0.2, -0.15) is 4.98 Å². The van der Waals surface area contributed by atoms with E-state index in [1.54, 1.807) is 0 Å². The molecule has 0 aromatic carbocycles. The Hall–Kier alpha value is -2.25. The van der Waals surface area contributed by atoms with Crippen LogP contribution in [0.25, 0.3) is 5.65 Å². The predicted octanol–water partition coefficient (Wildman–Crippen LogP) is 2.09. The molecule has 3 aromatic heterocycles. The van der Waals surface area contributed by atoms with Gasteiger partial charge in [-0.3, -0.25) is 4.90 Å². The van der Waals surface area contributed by atoms with Crippen molar-refractivity contribution in [3.8, 4) is 0 Å². The fourth-order valence-electron chi connectivity index (χ4n) is 3.50. The SMILES string of the molecule is Cc1nc(CN2CCC[C@@H](NCc3cn4c(C)cccc4n3)C2)no1. The number of hydrogen-bond acceptors (Lipinski definition) is 6. The third-order valence-corrected chi connectivity index (χ3v) is 4.76. The lowest BCUT2D eigenvalue weighted by Crippen LogP contribution is -2.45. The van der Waals surface area contributed by atoms with Crippen LogP contribution >= 0.6 is 0 Å². The van der Waals surface area contributed by atoms with Crippen LogP contribution in [0.4, 0.5) is 0 Å². The smallest absolute Gasteiger partial charge is 0.223 e. The van der Waals surface area contributed by atoms with Gasteiger partial charge in [0.2, 0.25) is 5.89 Å². The van der Waals surface area contributed by atoms with Crippen LogP contribution in [0, 0.1) is 13.8 Å². The van der Waals surface area contributed by atoms with Gasteiger partial charge in [0.1, 0.15) is 5.65 Å². The third kappa shape index (κ3) is 3.72. The van der Waals surface area contributed by atoms with Gasteiger partial charge in [0.05, 0.1) is 12.2 Å². The summed E-state index contributed by atoms with van der Waals surface area (Å²) in [5.74, 6) is 1.40. The van der Waals surface area contributed by atoms with Crippen LogP contribution in [0.15, 0.2) is 28.9 Å². The number of piperidine rings is 1. The van der Waals surface area contributed by atoms with Crippen molar-refractivity contribution in [3.05, 3.63) is 47.5 Å². The number of nitrogens with one attached hydrogen (secondary N) is 1. The molecule has 1 saturated heterocycles. The molecule has 1 atom stereocenters. The highest BCUT2D eigenvalue weighted by atomic mass is 16.5. The summed E-state index contributed by atoms with van der Waals surface area (Å²) in [6.45, 7) is 7.56. The molecule has 0 spiro atoms. The highest BCUT2D eigenvalue weighted by Crippen LogP contribution is 2.14. The van der Waals surface area contributed by atoms with Gasteiger partial charge in [-0.15, -0.1) is 0 Å². The summed E-state index contributed by atoms with van der Waals surface area (Å²) in [7, 11) is 0. The molecular formula is C18H24N6O. The van der Waals surface area contributed by atoms with E-state index < -0.39 is 0 Å². The molecule has 0 unspecified atom stereocenters. The number of nitrogens with zero attached hydrogens (tertiary/aromatic N) is 5. The van der Waals surface area contributed by atoms with Crippen molar-refractivity contribution in [2.24, 2.45) is 0 Å². The molecule has 0 radical (unpaired) electrons. The van der Waals surface area contributed by atoms with Crippen molar-refractivity contribution in [2.75, 3.05) is 13.1 Å². The highest BCUT2D eigenvalue weighted by Gasteiger charge is 2.21. The number of likely N-dealkylation sites (tertiary alicyclic amines) is 1. The quantitative estimate of drug-likeness (QED) is 0.767. The maximum absolute atomic E-state index is 5.06. The largest absolute Gasteiger partial charge is 0.340 e. The Morgan fingerprint density at radius 2 is 2.20 bits per heavy atom. The Morgan fingerprint density at radius 1 is 1.28 bits per heavy atom. The number of hydrogen-bond donors (Lipinski definition) is 1. The monoisotopic (exact) mass is 340 g/mol. The number of aryl methyl sites for hydroxylation is 2. The fraction of sp³-hybridized carbons (Fsp3) is 0.500. The van der Waals surface area contributed by atoms with Crippen molar-refractivity contribution in [1.82, 2.24) is 29.7 Å². The molecule has 0 bridgehead atoms. The molecule has 1 aliphatic heterocycles. The van der Waals surface area contributed by atoms with E-state index in [0.29, 0.717) is 11.9 Å². The van der Waals surface area contributed by atoms with Crippen LogP contribution in [-0.2, 0) is 13.1 Å². The van der Waals surface area contributed by atoms with E-state index in [1.807, 2.05) is 19.1 Å². The Morgan fingerprint density at radius 3 is 3.00 bits per heavy atom. The number of imidazole rings is 1. The zero-order valence-corrected chi connectivity index (χ0v) is 14.8. The van der Waals surface area contributed by atoms with Crippen molar-refractivity contribution in [1.29, 1.82) is 0 Å². The van der Waals surface area contributed by atoms with E-state index in [2.05, 4.69) is 43.9 Å². The summed E-state index contributed by atoms with van der Waals surface area (Å²) in [6.07, 6.45) is 4.49. The molecule has 0 saturated carbocycles. The molecule has 1 aliphatic rings. The molecule has 7 nitrogen and oxygen atoms in total. The predicted molar refractivity (Wildman–Crippen MR) is 94.1 cm³/mol. The normalized spacial score (nSPS) is 18.9. The van der Waals surface area contributed by atoms with Crippen LogP contribution in [0.1, 0.15) is 35.9 Å². The number of fused-ring (bicyclic) bond motifs is 1. The zero-order chi connectivity index (χ0) is 17.2. The fourth-order valence-corrected chi connectivity index (χ4v) is 3.50. The van der Waals surface area contributed by atoms with Crippen LogP contribution in [0.3, 0.4) is 0 Å².